The van der Waals surface area contributed by atoms with Crippen molar-refractivity contribution in [3.63, 3.8) is 0 Å². The molecule has 1 N–H and O–H groups in total. The summed E-state index contributed by atoms with van der Waals surface area (Å²) in [5.41, 5.74) is 4.19. The highest BCUT2D eigenvalue weighted by molar-refractivity contribution is 5.82. The summed E-state index contributed by atoms with van der Waals surface area (Å²) in [6, 6.07) is 0.258. The predicted octanol–water partition coefficient (Wildman–Crippen LogP) is 2.55. The highest BCUT2D eigenvalue weighted by atomic mass is 16.2. The smallest absolute Gasteiger partial charge is 0.222 e. The van der Waals surface area contributed by atoms with Gasteiger partial charge in [0.15, 0.2) is 5.65 Å². The second-order valence-electron chi connectivity index (χ2n) is 7.99. The van der Waals surface area contributed by atoms with Crippen LogP contribution in [0.1, 0.15) is 56.0 Å². The van der Waals surface area contributed by atoms with Crippen molar-refractivity contribution in [3.8, 4) is 0 Å². The Bertz CT molecular complexity index is 879. The second kappa shape index (κ2) is 8.29. The molecule has 152 valence electrons. The van der Waals surface area contributed by atoms with Crippen LogP contribution < -0.4 is 5.32 Å². The van der Waals surface area contributed by atoms with E-state index in [-0.39, 0.29) is 23.8 Å². The third-order valence-corrected chi connectivity index (χ3v) is 5.88. The Labute approximate surface area is 166 Å². The van der Waals surface area contributed by atoms with E-state index in [4.69, 9.17) is 4.98 Å². The number of aromatic nitrogens is 3. The topological polar surface area (TPSA) is 80.1 Å². The number of pyridine rings is 1. The minimum atomic E-state index is 0.0302. The van der Waals surface area contributed by atoms with E-state index in [1.807, 2.05) is 22.7 Å². The van der Waals surface area contributed by atoms with Crippen LogP contribution in [0.25, 0.3) is 11.0 Å². The van der Waals surface area contributed by atoms with Gasteiger partial charge in [0.2, 0.25) is 11.8 Å². The van der Waals surface area contributed by atoms with Crippen LogP contribution in [0, 0.1) is 19.8 Å². The van der Waals surface area contributed by atoms with Gasteiger partial charge in [-0.25, -0.2) is 9.67 Å². The van der Waals surface area contributed by atoms with Crippen LogP contribution in [0.3, 0.4) is 0 Å². The molecule has 7 nitrogen and oxygen atoms in total. The standard InChI is InChI=1S/C21H31N5O2/c1-13(2)26-20-18(12-23-26)14(3)17(15(4)24-20)6-7-19(27)25-10-8-16(9-11-25)21(28)22-5/h12-13,16H,6-11H2,1-5H3,(H,22,28). The summed E-state index contributed by atoms with van der Waals surface area (Å²) in [4.78, 5) is 31.1. The first-order valence-electron chi connectivity index (χ1n) is 10.2. The van der Waals surface area contributed by atoms with Gasteiger partial charge in [0.25, 0.3) is 0 Å². The maximum Gasteiger partial charge on any atom is 0.222 e. The molecule has 1 fully saturated rings. The number of hydrogen-bond acceptors (Lipinski definition) is 4. The largest absolute Gasteiger partial charge is 0.359 e. The normalized spacial score (nSPS) is 15.4. The molecule has 2 aromatic rings. The Morgan fingerprint density at radius 1 is 1.25 bits per heavy atom. The number of carbonyl (C=O) groups excluding carboxylic acids is 2. The van der Waals surface area contributed by atoms with Crippen LogP contribution >= 0.6 is 0 Å². The molecule has 0 aliphatic carbocycles. The highest BCUT2D eigenvalue weighted by Gasteiger charge is 2.26. The lowest BCUT2D eigenvalue weighted by atomic mass is 9.95. The van der Waals surface area contributed by atoms with E-state index in [0.29, 0.717) is 25.9 Å². The summed E-state index contributed by atoms with van der Waals surface area (Å²) in [6.45, 7) is 9.62. The number of amides is 2. The monoisotopic (exact) mass is 385 g/mol. The number of aryl methyl sites for hydroxylation is 2. The molecule has 0 radical (unpaired) electrons. The van der Waals surface area contributed by atoms with E-state index < -0.39 is 0 Å². The number of rotatable bonds is 5. The molecule has 0 spiro atoms. The molecule has 1 saturated heterocycles. The Balaban J connectivity index is 1.67. The third-order valence-electron chi connectivity index (χ3n) is 5.88. The van der Waals surface area contributed by atoms with Crippen LogP contribution in [0.15, 0.2) is 6.20 Å². The van der Waals surface area contributed by atoms with Gasteiger partial charge in [-0.1, -0.05) is 0 Å². The van der Waals surface area contributed by atoms with Gasteiger partial charge in [0.05, 0.1) is 6.20 Å². The Morgan fingerprint density at radius 2 is 1.93 bits per heavy atom. The van der Waals surface area contributed by atoms with E-state index in [2.05, 4.69) is 31.2 Å². The van der Waals surface area contributed by atoms with Gasteiger partial charge in [0.1, 0.15) is 0 Å². The van der Waals surface area contributed by atoms with Crippen molar-refractivity contribution in [2.24, 2.45) is 5.92 Å². The summed E-state index contributed by atoms with van der Waals surface area (Å²) in [5.74, 6) is 0.273. The zero-order valence-electron chi connectivity index (χ0n) is 17.6. The summed E-state index contributed by atoms with van der Waals surface area (Å²) >= 11 is 0. The number of hydrogen-bond donors (Lipinski definition) is 1. The summed E-state index contributed by atoms with van der Waals surface area (Å²) < 4.78 is 1.95. The van der Waals surface area contributed by atoms with E-state index in [0.717, 1.165) is 35.1 Å². The third kappa shape index (κ3) is 3.88. The number of nitrogens with one attached hydrogen (secondary N) is 1. The molecule has 0 atom stereocenters. The Morgan fingerprint density at radius 3 is 2.54 bits per heavy atom. The first-order chi connectivity index (χ1) is 13.3. The van der Waals surface area contributed by atoms with E-state index in [1.165, 1.54) is 5.56 Å². The van der Waals surface area contributed by atoms with E-state index in [9.17, 15) is 9.59 Å². The predicted molar refractivity (Wildman–Crippen MR) is 109 cm³/mol. The molecule has 0 unspecified atom stereocenters. The number of nitrogens with zero attached hydrogens (tertiary/aromatic N) is 4. The molecule has 7 heteroatoms. The van der Waals surface area contributed by atoms with Gasteiger partial charge >= 0.3 is 0 Å². The molecule has 3 heterocycles. The molecule has 2 aromatic heterocycles. The Kier molecular flexibility index (Phi) is 6.01. The second-order valence-corrected chi connectivity index (χ2v) is 7.99. The maximum atomic E-state index is 12.7. The van der Waals surface area contributed by atoms with Crippen LogP contribution in [0.4, 0.5) is 0 Å². The number of likely N-dealkylation sites (tertiary alicyclic amines) is 1. The molecule has 1 aliphatic heterocycles. The van der Waals surface area contributed by atoms with Crippen LogP contribution in [-0.2, 0) is 16.0 Å². The van der Waals surface area contributed by atoms with Crippen molar-refractivity contribution in [2.75, 3.05) is 20.1 Å². The van der Waals surface area contributed by atoms with E-state index >= 15 is 0 Å². The number of fused-ring (bicyclic) bond motifs is 1. The molecule has 3 rings (SSSR count). The first kappa shape index (κ1) is 20.3. The van der Waals surface area contributed by atoms with Crippen molar-refractivity contribution < 1.29 is 9.59 Å². The Hall–Kier alpha value is -2.44. The molecule has 2 amide bonds. The van der Waals surface area contributed by atoms with E-state index in [1.54, 1.807) is 7.05 Å². The average molecular weight is 386 g/mol. The molecule has 1 aliphatic rings. The van der Waals surface area contributed by atoms with Crippen molar-refractivity contribution >= 4 is 22.8 Å². The van der Waals surface area contributed by atoms with Crippen molar-refractivity contribution in [3.05, 3.63) is 23.0 Å². The first-order valence-corrected chi connectivity index (χ1v) is 10.2. The summed E-state index contributed by atoms with van der Waals surface area (Å²) in [6.07, 6.45) is 4.52. The van der Waals surface area contributed by atoms with Crippen molar-refractivity contribution in [2.45, 2.75) is 59.4 Å². The fourth-order valence-corrected chi connectivity index (χ4v) is 4.12. The van der Waals surface area contributed by atoms with Crippen LogP contribution in [-0.4, -0.2) is 51.6 Å². The molecule has 0 bridgehead atoms. The van der Waals surface area contributed by atoms with Gasteiger partial charge in [-0.2, -0.15) is 5.10 Å². The van der Waals surface area contributed by atoms with Gasteiger partial charge in [-0.15, -0.1) is 0 Å². The van der Waals surface area contributed by atoms with Crippen molar-refractivity contribution in [1.29, 1.82) is 0 Å². The molecule has 0 saturated carbocycles. The lowest BCUT2D eigenvalue weighted by Crippen LogP contribution is -2.42. The lowest BCUT2D eigenvalue weighted by Gasteiger charge is -2.31. The summed E-state index contributed by atoms with van der Waals surface area (Å²) in [5, 5.41) is 8.25. The average Bonchev–Trinajstić information content (AvgIpc) is 3.11. The van der Waals surface area contributed by atoms with Gasteiger partial charge < -0.3 is 10.2 Å². The molecular weight excluding hydrogens is 354 g/mol. The fraction of sp³-hybridized carbons (Fsp3) is 0.619. The summed E-state index contributed by atoms with van der Waals surface area (Å²) in [7, 11) is 1.67. The van der Waals surface area contributed by atoms with Crippen LogP contribution in [0.5, 0.6) is 0 Å². The van der Waals surface area contributed by atoms with Crippen molar-refractivity contribution in [1.82, 2.24) is 25.0 Å². The molecular formula is C21H31N5O2. The zero-order chi connectivity index (χ0) is 20.4. The minimum absolute atomic E-state index is 0.0302. The maximum absolute atomic E-state index is 12.7. The van der Waals surface area contributed by atoms with Gasteiger partial charge in [0, 0.05) is 49.6 Å². The fourth-order valence-electron chi connectivity index (χ4n) is 4.12. The molecule has 28 heavy (non-hydrogen) atoms. The lowest BCUT2D eigenvalue weighted by molar-refractivity contribution is -0.135. The van der Waals surface area contributed by atoms with Gasteiger partial charge in [-0.05, 0) is 58.1 Å². The SMILES string of the molecule is CNC(=O)C1CCN(C(=O)CCc2c(C)nc3c(cnn3C(C)C)c2C)CC1. The van der Waals surface area contributed by atoms with Gasteiger partial charge in [-0.3, -0.25) is 9.59 Å². The van der Waals surface area contributed by atoms with Crippen LogP contribution in [0.2, 0.25) is 0 Å². The number of piperidine rings is 1. The minimum Gasteiger partial charge on any atom is -0.359 e. The zero-order valence-corrected chi connectivity index (χ0v) is 17.6. The quantitative estimate of drug-likeness (QED) is 0.858. The highest BCUT2D eigenvalue weighted by Crippen LogP contribution is 2.26. The molecule has 0 aromatic carbocycles. The number of carbonyl (C=O) groups is 2.